The number of aryl methyl sites for hydroxylation is 1. The first-order valence-electron chi connectivity index (χ1n) is 6.88. The summed E-state index contributed by atoms with van der Waals surface area (Å²) in [4.78, 5) is 16.4. The average molecular weight is 328 g/mol. The lowest BCUT2D eigenvalue weighted by molar-refractivity contribution is -0.113. The maximum Gasteiger partial charge on any atom is 0.236 e. The molecule has 0 aliphatic carbocycles. The molecule has 0 saturated carbocycles. The van der Waals surface area contributed by atoms with E-state index in [9.17, 15) is 4.79 Å². The Morgan fingerprint density at radius 2 is 2.30 bits per heavy atom. The molecule has 4 aromatic rings. The van der Waals surface area contributed by atoms with E-state index in [4.69, 9.17) is 4.52 Å². The fraction of sp³-hybridized carbons (Fsp3) is 0.143. The largest absolute Gasteiger partial charge is 0.360 e. The predicted octanol–water partition coefficient (Wildman–Crippen LogP) is 2.24. The fourth-order valence-electron chi connectivity index (χ4n) is 2.27. The summed E-state index contributed by atoms with van der Waals surface area (Å²) in [7, 11) is 0. The Labute approximate surface area is 134 Å². The van der Waals surface area contributed by atoms with E-state index in [-0.39, 0.29) is 11.7 Å². The van der Waals surface area contributed by atoms with Crippen LogP contribution in [0.4, 0.5) is 5.82 Å². The number of fused-ring (bicyclic) bond motifs is 3. The smallest absolute Gasteiger partial charge is 0.236 e. The molecule has 0 atom stereocenters. The lowest BCUT2D eigenvalue weighted by Gasteiger charge is -2.00. The molecule has 0 spiro atoms. The van der Waals surface area contributed by atoms with Crippen molar-refractivity contribution in [2.24, 2.45) is 0 Å². The van der Waals surface area contributed by atoms with E-state index < -0.39 is 0 Å². The minimum Gasteiger partial charge on any atom is -0.360 e. The average Bonchev–Trinajstić information content (AvgIpc) is 3.20. The van der Waals surface area contributed by atoms with Gasteiger partial charge in [-0.05, 0) is 19.1 Å². The van der Waals surface area contributed by atoms with E-state index in [1.807, 2.05) is 28.7 Å². The van der Waals surface area contributed by atoms with Crippen LogP contribution in [0.15, 0.2) is 40.0 Å². The maximum atomic E-state index is 12.0. The van der Waals surface area contributed by atoms with Crippen LogP contribution in [0.1, 0.15) is 5.76 Å². The Morgan fingerprint density at radius 3 is 3.13 bits per heavy atom. The van der Waals surface area contributed by atoms with Crippen molar-refractivity contribution in [3.8, 4) is 0 Å². The molecule has 3 aromatic heterocycles. The Morgan fingerprint density at radius 1 is 1.43 bits per heavy atom. The number of hydrogen-bond donors (Lipinski definition) is 2. The number of carbonyl (C=O) groups is 1. The number of benzene rings is 1. The van der Waals surface area contributed by atoms with E-state index >= 15 is 0 Å². The molecule has 0 radical (unpaired) electrons. The minimum atomic E-state index is -0.177. The molecule has 1 aromatic carbocycles. The molecule has 3 heterocycles. The van der Waals surface area contributed by atoms with Gasteiger partial charge in [0.05, 0.1) is 16.8 Å². The van der Waals surface area contributed by atoms with Crippen molar-refractivity contribution in [3.05, 3.63) is 36.1 Å². The number of nitrogens with zero attached hydrogens (tertiary/aromatic N) is 4. The molecule has 0 aliphatic rings. The summed E-state index contributed by atoms with van der Waals surface area (Å²) >= 11 is 1.32. The van der Waals surface area contributed by atoms with Crippen LogP contribution in [0.5, 0.6) is 0 Å². The lowest BCUT2D eigenvalue weighted by Crippen LogP contribution is -2.14. The number of amides is 1. The van der Waals surface area contributed by atoms with Crippen LogP contribution < -0.4 is 5.32 Å². The van der Waals surface area contributed by atoms with Crippen LogP contribution in [-0.2, 0) is 4.79 Å². The zero-order valence-corrected chi connectivity index (χ0v) is 12.9. The number of H-pyrrole nitrogens is 1. The number of thioether (sulfide) groups is 1. The number of carbonyl (C=O) groups excluding carboxylic acids is 1. The molecule has 8 nitrogen and oxygen atoms in total. The Bertz CT molecular complexity index is 1000. The first kappa shape index (κ1) is 13.8. The number of imidazole rings is 1. The molecular weight excluding hydrogens is 316 g/mol. The van der Waals surface area contributed by atoms with Gasteiger partial charge in [-0.2, -0.15) is 0 Å². The Hall–Kier alpha value is -2.81. The van der Waals surface area contributed by atoms with Crippen LogP contribution in [0, 0.1) is 6.92 Å². The molecule has 4 rings (SSSR count). The van der Waals surface area contributed by atoms with Gasteiger partial charge in [0.1, 0.15) is 5.76 Å². The Balaban J connectivity index is 1.52. The van der Waals surface area contributed by atoms with Crippen LogP contribution in [0.2, 0.25) is 0 Å². The quantitative estimate of drug-likeness (QED) is 0.557. The molecule has 9 heteroatoms. The Kier molecular flexibility index (Phi) is 3.27. The van der Waals surface area contributed by atoms with Gasteiger partial charge in [-0.3, -0.25) is 9.20 Å². The highest BCUT2D eigenvalue weighted by molar-refractivity contribution is 7.99. The van der Waals surface area contributed by atoms with Gasteiger partial charge in [-0.25, -0.2) is 10.1 Å². The van der Waals surface area contributed by atoms with Gasteiger partial charge in [0.2, 0.25) is 11.7 Å². The van der Waals surface area contributed by atoms with Crippen molar-refractivity contribution in [3.63, 3.8) is 0 Å². The molecule has 0 aliphatic heterocycles. The monoisotopic (exact) mass is 328 g/mol. The highest BCUT2D eigenvalue weighted by Gasteiger charge is 2.14. The van der Waals surface area contributed by atoms with E-state index in [0.29, 0.717) is 22.5 Å². The zero-order chi connectivity index (χ0) is 15.8. The highest BCUT2D eigenvalue weighted by atomic mass is 32.2. The van der Waals surface area contributed by atoms with Crippen LogP contribution in [0.3, 0.4) is 0 Å². The SMILES string of the molecule is Cc1cc(NC(=O)CSc2n[nH]c3nc4ccccc4n23)no1. The summed E-state index contributed by atoms with van der Waals surface area (Å²) in [6, 6.07) is 9.44. The molecule has 0 saturated heterocycles. The summed E-state index contributed by atoms with van der Waals surface area (Å²) in [6.07, 6.45) is 0. The molecule has 1 amide bonds. The molecule has 23 heavy (non-hydrogen) atoms. The van der Waals surface area contributed by atoms with Gasteiger partial charge in [0.25, 0.3) is 0 Å². The van der Waals surface area contributed by atoms with Crippen LogP contribution in [0.25, 0.3) is 16.8 Å². The normalized spacial score (nSPS) is 11.3. The van der Waals surface area contributed by atoms with Gasteiger partial charge in [0.15, 0.2) is 11.0 Å². The third-order valence-electron chi connectivity index (χ3n) is 3.23. The van der Waals surface area contributed by atoms with Gasteiger partial charge in [0, 0.05) is 6.07 Å². The van der Waals surface area contributed by atoms with Gasteiger partial charge in [-0.1, -0.05) is 29.1 Å². The molecule has 116 valence electrons. The van der Waals surface area contributed by atoms with Gasteiger partial charge in [-0.15, -0.1) is 5.10 Å². The van der Waals surface area contributed by atoms with E-state index in [1.165, 1.54) is 11.8 Å². The van der Waals surface area contributed by atoms with Crippen LogP contribution in [-0.4, -0.2) is 36.4 Å². The van der Waals surface area contributed by atoms with E-state index in [1.54, 1.807) is 13.0 Å². The second-order valence-electron chi connectivity index (χ2n) is 4.93. The van der Waals surface area contributed by atoms with E-state index in [0.717, 1.165) is 11.0 Å². The number of hydrogen-bond acceptors (Lipinski definition) is 6. The number of aromatic nitrogens is 5. The number of anilines is 1. The number of rotatable bonds is 4. The highest BCUT2D eigenvalue weighted by Crippen LogP contribution is 2.22. The third kappa shape index (κ3) is 2.55. The molecule has 0 fully saturated rings. The molecule has 0 unspecified atom stereocenters. The maximum absolute atomic E-state index is 12.0. The summed E-state index contributed by atoms with van der Waals surface area (Å²) in [5.74, 6) is 1.74. The number of aromatic amines is 1. The van der Waals surface area contributed by atoms with Crippen molar-refractivity contribution in [2.75, 3.05) is 11.1 Å². The first-order valence-corrected chi connectivity index (χ1v) is 7.87. The summed E-state index contributed by atoms with van der Waals surface area (Å²) in [5.41, 5.74) is 1.83. The second kappa shape index (κ2) is 5.43. The standard InChI is InChI=1S/C14H12N6O2S/c1-8-6-11(19-22-8)16-12(21)7-23-14-18-17-13-15-9-4-2-3-5-10(9)20(13)14/h2-6H,7H2,1H3,(H,15,17)(H,16,19,21). The summed E-state index contributed by atoms with van der Waals surface area (Å²) < 4.78 is 6.81. The van der Waals surface area contributed by atoms with Crippen molar-refractivity contribution in [1.29, 1.82) is 0 Å². The minimum absolute atomic E-state index is 0.177. The van der Waals surface area contributed by atoms with Gasteiger partial charge < -0.3 is 9.84 Å². The van der Waals surface area contributed by atoms with E-state index in [2.05, 4.69) is 25.7 Å². The second-order valence-corrected chi connectivity index (χ2v) is 5.87. The number of para-hydroxylation sites is 2. The predicted molar refractivity (Wildman–Crippen MR) is 85.4 cm³/mol. The van der Waals surface area contributed by atoms with Crippen molar-refractivity contribution >= 4 is 40.3 Å². The zero-order valence-electron chi connectivity index (χ0n) is 12.1. The van der Waals surface area contributed by atoms with Crippen molar-refractivity contribution in [1.82, 2.24) is 24.7 Å². The fourth-order valence-corrected chi connectivity index (χ4v) is 3.03. The van der Waals surface area contributed by atoms with Gasteiger partial charge >= 0.3 is 0 Å². The van der Waals surface area contributed by atoms with Crippen LogP contribution >= 0.6 is 11.8 Å². The summed E-state index contributed by atoms with van der Waals surface area (Å²) in [5, 5.41) is 14.2. The molecule has 2 N–H and O–H groups in total. The lowest BCUT2D eigenvalue weighted by atomic mass is 10.3. The van der Waals surface area contributed by atoms with Crippen molar-refractivity contribution in [2.45, 2.75) is 12.1 Å². The third-order valence-corrected chi connectivity index (χ3v) is 4.17. The number of nitrogens with one attached hydrogen (secondary N) is 2. The first-order chi connectivity index (χ1) is 11.2. The summed E-state index contributed by atoms with van der Waals surface area (Å²) in [6.45, 7) is 1.77. The van der Waals surface area contributed by atoms with Crippen molar-refractivity contribution < 1.29 is 9.32 Å². The molecular formula is C14H12N6O2S. The molecule has 0 bridgehead atoms. The topological polar surface area (TPSA) is 101 Å².